The fourth-order valence-electron chi connectivity index (χ4n) is 2.58. The Labute approximate surface area is 130 Å². The minimum Gasteiger partial charge on any atom is -0.496 e. The molecule has 0 bridgehead atoms. The second-order valence-corrected chi connectivity index (χ2v) is 5.29. The SMILES string of the molecule is CCCC(=O)CCc1cccc(OC)c1-c1ccc(F)cc1. The lowest BCUT2D eigenvalue weighted by atomic mass is 9.94. The zero-order chi connectivity index (χ0) is 15.9. The summed E-state index contributed by atoms with van der Waals surface area (Å²) in [5, 5.41) is 0. The molecule has 116 valence electrons. The van der Waals surface area contributed by atoms with E-state index in [4.69, 9.17) is 4.74 Å². The molecule has 0 unspecified atom stereocenters. The molecule has 0 saturated heterocycles. The van der Waals surface area contributed by atoms with Crippen molar-refractivity contribution in [3.8, 4) is 16.9 Å². The van der Waals surface area contributed by atoms with Gasteiger partial charge in [0.25, 0.3) is 0 Å². The zero-order valence-corrected chi connectivity index (χ0v) is 13.1. The predicted octanol–water partition coefficient (Wildman–Crippen LogP) is 4.80. The van der Waals surface area contributed by atoms with E-state index in [0.29, 0.717) is 19.3 Å². The van der Waals surface area contributed by atoms with Crippen LogP contribution in [-0.2, 0) is 11.2 Å². The molecule has 0 spiro atoms. The van der Waals surface area contributed by atoms with Crippen molar-refractivity contribution in [2.24, 2.45) is 0 Å². The maximum absolute atomic E-state index is 13.1. The number of carbonyl (C=O) groups excluding carboxylic acids is 1. The fraction of sp³-hybridized carbons (Fsp3) is 0.316. The number of rotatable bonds is 7. The van der Waals surface area contributed by atoms with Gasteiger partial charge in [-0.3, -0.25) is 4.79 Å². The molecule has 3 heteroatoms. The van der Waals surface area contributed by atoms with E-state index < -0.39 is 0 Å². The number of ether oxygens (including phenoxy) is 1. The van der Waals surface area contributed by atoms with Crippen LogP contribution in [-0.4, -0.2) is 12.9 Å². The Morgan fingerprint density at radius 1 is 1.09 bits per heavy atom. The molecule has 0 heterocycles. The molecule has 2 nitrogen and oxygen atoms in total. The normalized spacial score (nSPS) is 10.5. The lowest BCUT2D eigenvalue weighted by Gasteiger charge is -2.14. The summed E-state index contributed by atoms with van der Waals surface area (Å²) in [7, 11) is 1.62. The molecule has 0 aliphatic heterocycles. The first-order valence-electron chi connectivity index (χ1n) is 7.59. The van der Waals surface area contributed by atoms with Crippen LogP contribution >= 0.6 is 0 Å². The van der Waals surface area contributed by atoms with Crippen LogP contribution in [0.15, 0.2) is 42.5 Å². The third-order valence-corrected chi connectivity index (χ3v) is 3.67. The van der Waals surface area contributed by atoms with E-state index in [1.165, 1.54) is 12.1 Å². The highest BCUT2D eigenvalue weighted by Gasteiger charge is 2.12. The van der Waals surface area contributed by atoms with Crippen LogP contribution < -0.4 is 4.74 Å². The quantitative estimate of drug-likeness (QED) is 0.734. The Hall–Kier alpha value is -2.16. The molecule has 0 atom stereocenters. The smallest absolute Gasteiger partial charge is 0.133 e. The van der Waals surface area contributed by atoms with E-state index in [2.05, 4.69) is 0 Å². The van der Waals surface area contributed by atoms with Crippen molar-refractivity contribution in [2.45, 2.75) is 32.6 Å². The first-order chi connectivity index (χ1) is 10.7. The standard InChI is InChI=1S/C19H21FO2/c1-3-5-17(21)13-10-14-6-4-7-18(22-2)19(14)15-8-11-16(20)12-9-15/h4,6-9,11-12H,3,5,10,13H2,1-2H3. The highest BCUT2D eigenvalue weighted by atomic mass is 19.1. The van der Waals surface area contributed by atoms with Gasteiger partial charge in [-0.05, 0) is 42.2 Å². The van der Waals surface area contributed by atoms with E-state index in [0.717, 1.165) is 28.9 Å². The van der Waals surface area contributed by atoms with Crippen molar-refractivity contribution in [1.29, 1.82) is 0 Å². The summed E-state index contributed by atoms with van der Waals surface area (Å²) in [5.74, 6) is 0.751. The number of aryl methyl sites for hydroxylation is 1. The van der Waals surface area contributed by atoms with Crippen molar-refractivity contribution < 1.29 is 13.9 Å². The van der Waals surface area contributed by atoms with Gasteiger partial charge in [0, 0.05) is 18.4 Å². The number of hydrogen-bond donors (Lipinski definition) is 0. The van der Waals surface area contributed by atoms with E-state index in [1.54, 1.807) is 19.2 Å². The average Bonchev–Trinajstić information content (AvgIpc) is 2.53. The second kappa shape index (κ2) is 7.74. The summed E-state index contributed by atoms with van der Waals surface area (Å²) >= 11 is 0. The molecule has 2 rings (SSSR count). The Bertz CT molecular complexity index is 632. The van der Waals surface area contributed by atoms with Crippen molar-refractivity contribution in [3.05, 3.63) is 53.8 Å². The summed E-state index contributed by atoms with van der Waals surface area (Å²) in [5.41, 5.74) is 2.89. The fourth-order valence-corrected chi connectivity index (χ4v) is 2.58. The first kappa shape index (κ1) is 16.2. The van der Waals surface area contributed by atoms with Crippen molar-refractivity contribution in [2.75, 3.05) is 7.11 Å². The van der Waals surface area contributed by atoms with Gasteiger partial charge in [-0.15, -0.1) is 0 Å². The Morgan fingerprint density at radius 2 is 1.82 bits per heavy atom. The number of methoxy groups -OCH3 is 1. The van der Waals surface area contributed by atoms with Gasteiger partial charge in [0.1, 0.15) is 17.3 Å². The summed E-state index contributed by atoms with van der Waals surface area (Å²) in [6.45, 7) is 2.01. The molecule has 0 saturated carbocycles. The number of ketones is 1. The van der Waals surface area contributed by atoms with E-state index >= 15 is 0 Å². The molecular formula is C19H21FO2. The summed E-state index contributed by atoms with van der Waals surface area (Å²) < 4.78 is 18.6. The van der Waals surface area contributed by atoms with Crippen LogP contribution in [0.4, 0.5) is 4.39 Å². The summed E-state index contributed by atoms with van der Waals surface area (Å²) in [6, 6.07) is 12.2. The van der Waals surface area contributed by atoms with Crippen LogP contribution in [0.1, 0.15) is 31.7 Å². The van der Waals surface area contributed by atoms with Crippen molar-refractivity contribution >= 4 is 5.78 Å². The van der Waals surface area contributed by atoms with Crippen LogP contribution in [0.2, 0.25) is 0 Å². The van der Waals surface area contributed by atoms with Crippen LogP contribution in [0.3, 0.4) is 0 Å². The van der Waals surface area contributed by atoms with Gasteiger partial charge in [-0.2, -0.15) is 0 Å². The molecule has 0 aliphatic rings. The highest BCUT2D eigenvalue weighted by Crippen LogP contribution is 2.34. The van der Waals surface area contributed by atoms with Crippen LogP contribution in [0.5, 0.6) is 5.75 Å². The van der Waals surface area contributed by atoms with Crippen LogP contribution in [0.25, 0.3) is 11.1 Å². The molecule has 0 amide bonds. The van der Waals surface area contributed by atoms with Crippen molar-refractivity contribution in [3.63, 3.8) is 0 Å². The molecule has 2 aromatic rings. The number of Topliss-reactive ketones (excluding diaryl/α,β-unsaturated/α-hetero) is 1. The van der Waals surface area contributed by atoms with E-state index in [1.807, 2.05) is 25.1 Å². The molecule has 0 fully saturated rings. The topological polar surface area (TPSA) is 26.3 Å². The average molecular weight is 300 g/mol. The number of benzene rings is 2. The Morgan fingerprint density at radius 3 is 2.45 bits per heavy atom. The van der Waals surface area contributed by atoms with Gasteiger partial charge in [-0.25, -0.2) is 4.39 Å². The van der Waals surface area contributed by atoms with Gasteiger partial charge in [0.2, 0.25) is 0 Å². The summed E-state index contributed by atoms with van der Waals surface area (Å²) in [6.07, 6.45) is 2.69. The maximum Gasteiger partial charge on any atom is 0.133 e. The molecular weight excluding hydrogens is 279 g/mol. The van der Waals surface area contributed by atoms with E-state index in [-0.39, 0.29) is 11.6 Å². The second-order valence-electron chi connectivity index (χ2n) is 5.29. The third kappa shape index (κ3) is 3.94. The van der Waals surface area contributed by atoms with Gasteiger partial charge >= 0.3 is 0 Å². The van der Waals surface area contributed by atoms with Gasteiger partial charge in [-0.1, -0.05) is 31.2 Å². The molecule has 22 heavy (non-hydrogen) atoms. The van der Waals surface area contributed by atoms with Gasteiger partial charge < -0.3 is 4.74 Å². The molecule has 2 aromatic carbocycles. The Balaban J connectivity index is 2.33. The maximum atomic E-state index is 13.1. The minimum atomic E-state index is -0.265. The van der Waals surface area contributed by atoms with Crippen molar-refractivity contribution in [1.82, 2.24) is 0 Å². The monoisotopic (exact) mass is 300 g/mol. The Kier molecular flexibility index (Phi) is 5.70. The molecule has 0 aliphatic carbocycles. The van der Waals surface area contributed by atoms with Crippen LogP contribution in [0, 0.1) is 5.82 Å². The lowest BCUT2D eigenvalue weighted by molar-refractivity contribution is -0.119. The predicted molar refractivity (Wildman–Crippen MR) is 86.6 cm³/mol. The minimum absolute atomic E-state index is 0.265. The van der Waals surface area contributed by atoms with E-state index in [9.17, 15) is 9.18 Å². The highest BCUT2D eigenvalue weighted by molar-refractivity contribution is 5.80. The molecule has 0 N–H and O–H groups in total. The first-order valence-corrected chi connectivity index (χ1v) is 7.59. The lowest BCUT2D eigenvalue weighted by Crippen LogP contribution is -2.01. The summed E-state index contributed by atoms with van der Waals surface area (Å²) in [4.78, 5) is 11.8. The zero-order valence-electron chi connectivity index (χ0n) is 13.1. The number of hydrogen-bond acceptors (Lipinski definition) is 2. The third-order valence-electron chi connectivity index (χ3n) is 3.67. The number of halogens is 1. The molecule has 0 aromatic heterocycles. The largest absolute Gasteiger partial charge is 0.496 e. The van der Waals surface area contributed by atoms with Gasteiger partial charge in [0.05, 0.1) is 7.11 Å². The van der Waals surface area contributed by atoms with Gasteiger partial charge in [0.15, 0.2) is 0 Å². The number of carbonyl (C=O) groups is 1. The molecule has 0 radical (unpaired) electrons.